The molecule has 1 amide bonds. The number of ether oxygens (including phenoxy) is 1. The molecule has 19 heavy (non-hydrogen) atoms. The van der Waals surface area contributed by atoms with E-state index in [0.29, 0.717) is 11.3 Å². The fraction of sp³-hybridized carbons (Fsp3) is 0.385. The molecule has 1 aliphatic rings. The minimum absolute atomic E-state index is 0.0809. The first-order chi connectivity index (χ1) is 8.95. The minimum atomic E-state index is -1.11. The number of hydrogen-bond acceptors (Lipinski definition) is 4. The summed E-state index contributed by atoms with van der Waals surface area (Å²) in [6.07, 6.45) is 0. The van der Waals surface area contributed by atoms with E-state index in [2.05, 4.69) is 5.32 Å². The van der Waals surface area contributed by atoms with Crippen molar-refractivity contribution in [2.75, 3.05) is 18.9 Å². The van der Waals surface area contributed by atoms with Crippen LogP contribution >= 0.6 is 0 Å². The molecule has 0 aliphatic carbocycles. The second kappa shape index (κ2) is 4.89. The smallest absolute Gasteiger partial charge is 0.313 e. The van der Waals surface area contributed by atoms with Gasteiger partial charge in [-0.3, -0.25) is 9.59 Å². The Morgan fingerprint density at radius 1 is 1.47 bits per heavy atom. The highest BCUT2D eigenvalue weighted by Crippen LogP contribution is 2.29. The van der Waals surface area contributed by atoms with Gasteiger partial charge in [-0.15, -0.1) is 0 Å². The summed E-state index contributed by atoms with van der Waals surface area (Å²) >= 11 is 0. The average Bonchev–Trinajstić information content (AvgIpc) is 2.73. The van der Waals surface area contributed by atoms with Gasteiger partial charge in [0.05, 0.1) is 24.8 Å². The highest BCUT2D eigenvalue weighted by atomic mass is 16.5. The first kappa shape index (κ1) is 13.4. The molecule has 1 aromatic carbocycles. The van der Waals surface area contributed by atoms with E-state index in [1.54, 1.807) is 31.2 Å². The number of carboxylic acid groups (broad SMARTS) is 1. The van der Waals surface area contributed by atoms with Crippen molar-refractivity contribution >= 4 is 17.6 Å². The monoisotopic (exact) mass is 264 g/mol. The maximum atomic E-state index is 12.1. The third-order valence-electron chi connectivity index (χ3n) is 3.45. The second-order valence-corrected chi connectivity index (χ2v) is 4.85. The number of anilines is 1. The average molecular weight is 264 g/mol. The van der Waals surface area contributed by atoms with E-state index in [-0.39, 0.29) is 19.1 Å². The quantitative estimate of drug-likeness (QED) is 0.689. The van der Waals surface area contributed by atoms with E-state index >= 15 is 0 Å². The van der Waals surface area contributed by atoms with Gasteiger partial charge in [0.1, 0.15) is 5.41 Å². The number of para-hydroxylation sites is 1. The van der Waals surface area contributed by atoms with Crippen LogP contribution in [0.3, 0.4) is 0 Å². The lowest BCUT2D eigenvalue weighted by Gasteiger charge is -2.25. The summed E-state index contributed by atoms with van der Waals surface area (Å²) in [6.45, 7) is 1.82. The second-order valence-electron chi connectivity index (χ2n) is 4.85. The van der Waals surface area contributed by atoms with Crippen molar-refractivity contribution in [3.05, 3.63) is 29.8 Å². The van der Waals surface area contributed by atoms with Gasteiger partial charge in [-0.05, 0) is 19.1 Å². The topological polar surface area (TPSA) is 102 Å². The van der Waals surface area contributed by atoms with E-state index in [1.807, 2.05) is 0 Å². The molecule has 1 fully saturated rings. The summed E-state index contributed by atoms with van der Waals surface area (Å²) < 4.78 is 5.17. The standard InChI is InChI=1S/C13H16N2O4/c1-13(12(17)18)7-19-6-10(13)15-11(16)8-4-2-3-5-9(8)14/h2-5,10H,6-7,14H2,1H3,(H,15,16)(H,17,18). The number of carbonyl (C=O) groups is 2. The molecule has 0 bridgehead atoms. The van der Waals surface area contributed by atoms with Crippen LogP contribution < -0.4 is 11.1 Å². The lowest BCUT2D eigenvalue weighted by molar-refractivity contribution is -0.148. The lowest BCUT2D eigenvalue weighted by atomic mass is 9.85. The highest BCUT2D eigenvalue weighted by Gasteiger charge is 2.47. The fourth-order valence-electron chi connectivity index (χ4n) is 2.02. The van der Waals surface area contributed by atoms with Crippen molar-refractivity contribution in [3.8, 4) is 0 Å². The maximum Gasteiger partial charge on any atom is 0.313 e. The summed E-state index contributed by atoms with van der Waals surface area (Å²) in [7, 11) is 0. The van der Waals surface area contributed by atoms with Gasteiger partial charge in [-0.25, -0.2) is 0 Å². The number of nitrogen functional groups attached to an aromatic ring is 1. The zero-order valence-corrected chi connectivity index (χ0v) is 10.6. The van der Waals surface area contributed by atoms with Crippen molar-refractivity contribution in [2.45, 2.75) is 13.0 Å². The summed E-state index contributed by atoms with van der Waals surface area (Å²) in [5.41, 5.74) is 5.30. The highest BCUT2D eigenvalue weighted by molar-refractivity contribution is 5.99. The molecule has 6 heteroatoms. The Labute approximate surface area is 110 Å². The first-order valence-electron chi connectivity index (χ1n) is 5.91. The van der Waals surface area contributed by atoms with E-state index < -0.39 is 17.4 Å². The SMILES string of the molecule is CC1(C(=O)O)COCC1NC(=O)c1ccccc1N. The van der Waals surface area contributed by atoms with E-state index in [9.17, 15) is 14.7 Å². The molecule has 0 radical (unpaired) electrons. The minimum Gasteiger partial charge on any atom is -0.481 e. The number of nitrogens with one attached hydrogen (secondary N) is 1. The molecule has 0 spiro atoms. The van der Waals surface area contributed by atoms with Crippen LogP contribution in [-0.4, -0.2) is 36.2 Å². The number of carbonyl (C=O) groups excluding carboxylic acids is 1. The van der Waals surface area contributed by atoms with E-state index in [0.717, 1.165) is 0 Å². The number of amides is 1. The van der Waals surface area contributed by atoms with Crippen LogP contribution in [-0.2, 0) is 9.53 Å². The molecular formula is C13H16N2O4. The summed E-state index contributed by atoms with van der Waals surface area (Å²) in [4.78, 5) is 23.4. The lowest BCUT2D eigenvalue weighted by Crippen LogP contribution is -2.49. The Hall–Kier alpha value is -2.08. The molecule has 1 heterocycles. The molecule has 4 N–H and O–H groups in total. The van der Waals surface area contributed by atoms with E-state index in [4.69, 9.17) is 10.5 Å². The Morgan fingerprint density at radius 3 is 2.79 bits per heavy atom. The molecule has 6 nitrogen and oxygen atoms in total. The van der Waals surface area contributed by atoms with Crippen LogP contribution in [0.2, 0.25) is 0 Å². The number of aliphatic carboxylic acids is 1. The molecule has 1 aliphatic heterocycles. The molecule has 1 saturated heterocycles. The third-order valence-corrected chi connectivity index (χ3v) is 3.45. The zero-order chi connectivity index (χ0) is 14.0. The van der Waals surface area contributed by atoms with Crippen LogP contribution in [0.4, 0.5) is 5.69 Å². The van der Waals surface area contributed by atoms with Gasteiger partial charge in [-0.1, -0.05) is 12.1 Å². The number of carboxylic acids is 1. The predicted octanol–water partition coefficient (Wildman–Crippen LogP) is 0.488. The molecule has 2 rings (SSSR count). The van der Waals surface area contributed by atoms with Gasteiger partial charge < -0.3 is 20.9 Å². The van der Waals surface area contributed by atoms with Gasteiger partial charge in [0.15, 0.2) is 0 Å². The number of rotatable bonds is 3. The van der Waals surface area contributed by atoms with Crippen LogP contribution in [0.25, 0.3) is 0 Å². The molecule has 0 saturated carbocycles. The van der Waals surface area contributed by atoms with Crippen LogP contribution in [0.15, 0.2) is 24.3 Å². The summed E-state index contributed by atoms with van der Waals surface area (Å²) in [5, 5.41) is 11.9. The molecular weight excluding hydrogens is 248 g/mol. The van der Waals surface area contributed by atoms with Crippen LogP contribution in [0.5, 0.6) is 0 Å². The van der Waals surface area contributed by atoms with E-state index in [1.165, 1.54) is 0 Å². The van der Waals surface area contributed by atoms with Crippen molar-refractivity contribution < 1.29 is 19.4 Å². The molecule has 2 atom stereocenters. The molecule has 102 valence electrons. The Bertz CT molecular complexity index is 517. The maximum absolute atomic E-state index is 12.1. The van der Waals surface area contributed by atoms with Crippen molar-refractivity contribution in [3.63, 3.8) is 0 Å². The number of benzene rings is 1. The predicted molar refractivity (Wildman–Crippen MR) is 68.7 cm³/mol. The summed E-state index contributed by atoms with van der Waals surface area (Å²) in [6, 6.07) is 6.07. The zero-order valence-electron chi connectivity index (χ0n) is 10.6. The van der Waals surface area contributed by atoms with Crippen molar-refractivity contribution in [1.29, 1.82) is 0 Å². The van der Waals surface area contributed by atoms with Crippen molar-refractivity contribution in [2.24, 2.45) is 5.41 Å². The van der Waals surface area contributed by atoms with Crippen LogP contribution in [0.1, 0.15) is 17.3 Å². The van der Waals surface area contributed by atoms with Gasteiger partial charge in [0.25, 0.3) is 5.91 Å². The summed E-state index contributed by atoms with van der Waals surface area (Å²) in [5.74, 6) is -1.38. The van der Waals surface area contributed by atoms with Crippen LogP contribution in [0, 0.1) is 5.41 Å². The third kappa shape index (κ3) is 2.39. The Balaban J connectivity index is 2.16. The van der Waals surface area contributed by atoms with Gasteiger partial charge >= 0.3 is 5.97 Å². The fourth-order valence-corrected chi connectivity index (χ4v) is 2.02. The molecule has 2 unspecified atom stereocenters. The number of hydrogen-bond donors (Lipinski definition) is 3. The van der Waals surface area contributed by atoms with Gasteiger partial charge in [0, 0.05) is 5.69 Å². The van der Waals surface area contributed by atoms with Crippen molar-refractivity contribution in [1.82, 2.24) is 5.32 Å². The normalized spacial score (nSPS) is 26.1. The van der Waals surface area contributed by atoms with Gasteiger partial charge in [0.2, 0.25) is 0 Å². The Morgan fingerprint density at radius 2 is 2.16 bits per heavy atom. The number of nitrogens with two attached hydrogens (primary N) is 1. The first-order valence-corrected chi connectivity index (χ1v) is 5.91. The Kier molecular flexibility index (Phi) is 3.44. The van der Waals surface area contributed by atoms with Gasteiger partial charge in [-0.2, -0.15) is 0 Å². The largest absolute Gasteiger partial charge is 0.481 e. The molecule has 1 aromatic rings. The molecule has 0 aromatic heterocycles.